The molecule has 0 bridgehead atoms. The maximum Gasteiger partial charge on any atom is 0.119 e. The lowest BCUT2D eigenvalue weighted by atomic mass is 9.99. The summed E-state index contributed by atoms with van der Waals surface area (Å²) < 4.78 is 6.68. The molecule has 0 aromatic heterocycles. The molecular weight excluding hydrogens is 228 g/mol. The Bertz CT molecular complexity index is 258. The molecule has 0 saturated heterocycles. The Labute approximate surface area is 88.2 Å². The van der Waals surface area contributed by atoms with Gasteiger partial charge in [0.1, 0.15) is 5.75 Å². The van der Waals surface area contributed by atoms with Crippen LogP contribution in [0.25, 0.3) is 0 Å². The summed E-state index contributed by atoms with van der Waals surface area (Å²) >= 11 is 3.38. The van der Waals surface area contributed by atoms with Crippen molar-refractivity contribution in [2.24, 2.45) is 5.41 Å². The zero-order valence-corrected chi connectivity index (χ0v) is 9.89. The van der Waals surface area contributed by atoms with Gasteiger partial charge in [0, 0.05) is 4.47 Å². The molecule has 13 heavy (non-hydrogen) atoms. The second kappa shape index (κ2) is 4.14. The highest BCUT2D eigenvalue weighted by Crippen LogP contribution is 2.19. The van der Waals surface area contributed by atoms with Crippen LogP contribution in [0.1, 0.15) is 20.8 Å². The van der Waals surface area contributed by atoms with Crippen LogP contribution in [0, 0.1) is 5.41 Å². The molecule has 0 N–H and O–H groups in total. The van der Waals surface area contributed by atoms with E-state index < -0.39 is 0 Å². The third-order valence-electron chi connectivity index (χ3n) is 1.49. The van der Waals surface area contributed by atoms with Crippen LogP contribution >= 0.6 is 15.9 Å². The molecule has 0 aliphatic heterocycles. The van der Waals surface area contributed by atoms with Crippen molar-refractivity contribution in [2.75, 3.05) is 6.61 Å². The molecule has 0 unspecified atom stereocenters. The molecule has 1 aromatic carbocycles. The smallest absolute Gasteiger partial charge is 0.119 e. The van der Waals surface area contributed by atoms with Gasteiger partial charge in [0.25, 0.3) is 0 Å². The largest absolute Gasteiger partial charge is 0.493 e. The van der Waals surface area contributed by atoms with Gasteiger partial charge in [0.05, 0.1) is 6.61 Å². The van der Waals surface area contributed by atoms with Crippen LogP contribution in [-0.4, -0.2) is 6.61 Å². The van der Waals surface area contributed by atoms with Gasteiger partial charge in [-0.1, -0.05) is 36.7 Å². The first-order valence-electron chi connectivity index (χ1n) is 4.36. The normalized spacial score (nSPS) is 11.4. The van der Waals surface area contributed by atoms with E-state index in [0.29, 0.717) is 0 Å². The van der Waals surface area contributed by atoms with Crippen molar-refractivity contribution in [3.63, 3.8) is 0 Å². The Morgan fingerprint density at radius 2 is 1.69 bits per heavy atom. The minimum atomic E-state index is 0.215. The van der Waals surface area contributed by atoms with E-state index in [2.05, 4.69) is 36.7 Å². The number of halogens is 1. The van der Waals surface area contributed by atoms with E-state index in [1.807, 2.05) is 24.3 Å². The molecular formula is C11H15BrO. The van der Waals surface area contributed by atoms with Crippen molar-refractivity contribution in [1.82, 2.24) is 0 Å². The van der Waals surface area contributed by atoms with Gasteiger partial charge in [-0.05, 0) is 29.7 Å². The topological polar surface area (TPSA) is 9.23 Å². The van der Waals surface area contributed by atoms with E-state index in [4.69, 9.17) is 4.74 Å². The van der Waals surface area contributed by atoms with Crippen LogP contribution in [0.2, 0.25) is 0 Å². The summed E-state index contributed by atoms with van der Waals surface area (Å²) in [5, 5.41) is 0. The minimum absolute atomic E-state index is 0.215. The van der Waals surface area contributed by atoms with Crippen molar-refractivity contribution in [1.29, 1.82) is 0 Å². The maximum absolute atomic E-state index is 5.60. The van der Waals surface area contributed by atoms with E-state index in [1.165, 1.54) is 0 Å². The summed E-state index contributed by atoms with van der Waals surface area (Å²) in [7, 11) is 0. The first-order valence-corrected chi connectivity index (χ1v) is 5.15. The molecule has 1 aromatic rings. The molecule has 72 valence electrons. The second-order valence-corrected chi connectivity index (χ2v) is 5.22. The molecule has 0 aliphatic carbocycles. The molecule has 0 amide bonds. The van der Waals surface area contributed by atoms with Crippen molar-refractivity contribution < 1.29 is 4.74 Å². The Balaban J connectivity index is 2.51. The summed E-state index contributed by atoms with van der Waals surface area (Å²) in [4.78, 5) is 0. The van der Waals surface area contributed by atoms with Crippen LogP contribution in [0.15, 0.2) is 28.7 Å². The Hall–Kier alpha value is -0.500. The standard InChI is InChI=1S/C11H15BrO/c1-11(2,3)8-13-10-6-4-9(12)5-7-10/h4-7H,8H2,1-3H3. The van der Waals surface area contributed by atoms with Crippen LogP contribution in [0.3, 0.4) is 0 Å². The molecule has 0 atom stereocenters. The van der Waals surface area contributed by atoms with Crippen molar-refractivity contribution in [3.8, 4) is 5.75 Å². The fourth-order valence-corrected chi connectivity index (χ4v) is 1.09. The molecule has 1 nitrogen and oxygen atoms in total. The molecule has 0 aliphatic rings. The minimum Gasteiger partial charge on any atom is -0.493 e. The Morgan fingerprint density at radius 3 is 2.15 bits per heavy atom. The van der Waals surface area contributed by atoms with E-state index in [0.717, 1.165) is 16.8 Å². The maximum atomic E-state index is 5.60. The fraction of sp³-hybridized carbons (Fsp3) is 0.455. The highest BCUT2D eigenvalue weighted by atomic mass is 79.9. The van der Waals surface area contributed by atoms with Gasteiger partial charge in [-0.25, -0.2) is 0 Å². The number of benzene rings is 1. The zero-order valence-electron chi connectivity index (χ0n) is 8.30. The first kappa shape index (κ1) is 10.6. The van der Waals surface area contributed by atoms with Gasteiger partial charge >= 0.3 is 0 Å². The van der Waals surface area contributed by atoms with Gasteiger partial charge in [-0.3, -0.25) is 0 Å². The van der Waals surface area contributed by atoms with Gasteiger partial charge in [-0.15, -0.1) is 0 Å². The molecule has 0 saturated carbocycles. The van der Waals surface area contributed by atoms with Crippen molar-refractivity contribution in [2.45, 2.75) is 20.8 Å². The highest BCUT2D eigenvalue weighted by Gasteiger charge is 2.10. The molecule has 1 rings (SSSR count). The van der Waals surface area contributed by atoms with Crippen molar-refractivity contribution in [3.05, 3.63) is 28.7 Å². The number of hydrogen-bond donors (Lipinski definition) is 0. The molecule has 0 radical (unpaired) electrons. The lowest BCUT2D eigenvalue weighted by molar-refractivity contribution is 0.198. The Kier molecular flexibility index (Phi) is 3.37. The van der Waals surface area contributed by atoms with E-state index in [9.17, 15) is 0 Å². The van der Waals surface area contributed by atoms with Crippen LogP contribution in [0.4, 0.5) is 0 Å². The van der Waals surface area contributed by atoms with Gasteiger partial charge in [-0.2, -0.15) is 0 Å². The average Bonchev–Trinajstić information content (AvgIpc) is 2.02. The number of hydrogen-bond acceptors (Lipinski definition) is 1. The monoisotopic (exact) mass is 242 g/mol. The predicted molar refractivity (Wildman–Crippen MR) is 59.1 cm³/mol. The second-order valence-electron chi connectivity index (χ2n) is 4.30. The summed E-state index contributed by atoms with van der Waals surface area (Å²) in [5.41, 5.74) is 0.215. The third-order valence-corrected chi connectivity index (χ3v) is 2.01. The van der Waals surface area contributed by atoms with E-state index >= 15 is 0 Å². The Morgan fingerprint density at radius 1 is 1.15 bits per heavy atom. The summed E-state index contributed by atoms with van der Waals surface area (Å²) in [6, 6.07) is 7.90. The van der Waals surface area contributed by atoms with Gasteiger partial charge in [0.2, 0.25) is 0 Å². The summed E-state index contributed by atoms with van der Waals surface area (Å²) in [6.07, 6.45) is 0. The lowest BCUT2D eigenvalue weighted by Crippen LogP contribution is -2.16. The molecule has 2 heteroatoms. The average molecular weight is 243 g/mol. The molecule has 0 heterocycles. The van der Waals surface area contributed by atoms with Crippen LogP contribution < -0.4 is 4.74 Å². The fourth-order valence-electron chi connectivity index (χ4n) is 0.831. The first-order chi connectivity index (χ1) is 5.97. The predicted octanol–water partition coefficient (Wildman–Crippen LogP) is 3.87. The summed E-state index contributed by atoms with van der Waals surface area (Å²) in [6.45, 7) is 7.22. The summed E-state index contributed by atoms with van der Waals surface area (Å²) in [5.74, 6) is 0.929. The highest BCUT2D eigenvalue weighted by molar-refractivity contribution is 9.10. The number of ether oxygens (including phenoxy) is 1. The van der Waals surface area contributed by atoms with E-state index in [-0.39, 0.29) is 5.41 Å². The molecule has 0 spiro atoms. The van der Waals surface area contributed by atoms with Crippen LogP contribution in [-0.2, 0) is 0 Å². The zero-order chi connectivity index (χ0) is 9.90. The number of rotatable bonds is 2. The van der Waals surface area contributed by atoms with Gasteiger partial charge < -0.3 is 4.74 Å². The lowest BCUT2D eigenvalue weighted by Gasteiger charge is -2.18. The van der Waals surface area contributed by atoms with E-state index in [1.54, 1.807) is 0 Å². The third kappa shape index (κ3) is 4.32. The molecule has 0 fully saturated rings. The van der Waals surface area contributed by atoms with Crippen molar-refractivity contribution >= 4 is 15.9 Å². The van der Waals surface area contributed by atoms with Gasteiger partial charge in [0.15, 0.2) is 0 Å². The van der Waals surface area contributed by atoms with Crippen LogP contribution in [0.5, 0.6) is 5.75 Å². The quantitative estimate of drug-likeness (QED) is 0.766. The SMILES string of the molecule is CC(C)(C)COc1ccc(Br)cc1.